The number of hydrogen-bond donors (Lipinski definition) is 3. The van der Waals surface area contributed by atoms with Crippen LogP contribution in [0.5, 0.6) is 5.75 Å². The molecular weight excluding hydrogens is 410 g/mol. The van der Waals surface area contributed by atoms with Gasteiger partial charge in [-0.15, -0.1) is 0 Å². The summed E-state index contributed by atoms with van der Waals surface area (Å²) in [5.74, 6) is 0.144. The fraction of sp³-hybridized carbons (Fsp3) is 0.375. The number of amides is 3. The molecule has 0 saturated carbocycles. The van der Waals surface area contributed by atoms with Gasteiger partial charge in [-0.25, -0.2) is 4.79 Å². The molecule has 0 bridgehead atoms. The lowest BCUT2D eigenvalue weighted by molar-refractivity contribution is -0.121. The fourth-order valence-corrected chi connectivity index (χ4v) is 2.62. The van der Waals surface area contributed by atoms with Crippen molar-refractivity contribution in [3.8, 4) is 5.75 Å². The molecule has 172 valence electrons. The van der Waals surface area contributed by atoms with E-state index in [4.69, 9.17) is 9.47 Å². The van der Waals surface area contributed by atoms with Crippen molar-refractivity contribution >= 4 is 23.6 Å². The van der Waals surface area contributed by atoms with Crippen molar-refractivity contribution in [2.45, 2.75) is 46.3 Å². The zero-order valence-corrected chi connectivity index (χ0v) is 19.0. The second kappa shape index (κ2) is 11.7. The molecule has 0 radical (unpaired) electrons. The SMILES string of the molecule is Cc1ccc(OCC(=O)Nc2cccc(CNC(=O)CCNC(=O)OC(C)(C)C)c2)cc1. The molecule has 2 rings (SSSR count). The normalized spacial score (nSPS) is 10.8. The summed E-state index contributed by atoms with van der Waals surface area (Å²) in [5.41, 5.74) is 1.97. The molecule has 0 saturated heterocycles. The molecule has 0 heterocycles. The van der Waals surface area contributed by atoms with Gasteiger partial charge in [-0.1, -0.05) is 29.8 Å². The number of alkyl carbamates (subject to hydrolysis) is 1. The molecule has 0 fully saturated rings. The van der Waals surface area contributed by atoms with Crippen LogP contribution in [-0.4, -0.2) is 36.7 Å². The van der Waals surface area contributed by atoms with Gasteiger partial charge in [-0.2, -0.15) is 0 Å². The second-order valence-corrected chi connectivity index (χ2v) is 8.31. The van der Waals surface area contributed by atoms with Crippen molar-refractivity contribution in [3.05, 3.63) is 59.7 Å². The number of anilines is 1. The van der Waals surface area contributed by atoms with Gasteiger partial charge in [0.2, 0.25) is 5.91 Å². The smallest absolute Gasteiger partial charge is 0.407 e. The Morgan fingerprint density at radius 2 is 1.66 bits per heavy atom. The average molecular weight is 442 g/mol. The lowest BCUT2D eigenvalue weighted by Gasteiger charge is -2.19. The molecule has 2 aromatic carbocycles. The quantitative estimate of drug-likeness (QED) is 0.552. The van der Waals surface area contributed by atoms with Gasteiger partial charge < -0.3 is 25.4 Å². The highest BCUT2D eigenvalue weighted by molar-refractivity contribution is 5.92. The predicted octanol–water partition coefficient (Wildman–Crippen LogP) is 3.54. The van der Waals surface area contributed by atoms with Gasteiger partial charge in [0.25, 0.3) is 5.91 Å². The number of nitrogens with one attached hydrogen (secondary N) is 3. The van der Waals surface area contributed by atoms with E-state index in [1.54, 1.807) is 39.0 Å². The summed E-state index contributed by atoms with van der Waals surface area (Å²) in [6.07, 6.45) is -0.424. The third-order valence-electron chi connectivity index (χ3n) is 4.11. The van der Waals surface area contributed by atoms with E-state index in [2.05, 4.69) is 16.0 Å². The van der Waals surface area contributed by atoms with Crippen LogP contribution < -0.4 is 20.7 Å². The van der Waals surface area contributed by atoms with Crippen LogP contribution in [0.3, 0.4) is 0 Å². The minimum absolute atomic E-state index is 0.103. The predicted molar refractivity (Wildman–Crippen MR) is 122 cm³/mol. The van der Waals surface area contributed by atoms with Gasteiger partial charge in [-0.05, 0) is 57.5 Å². The summed E-state index contributed by atoms with van der Waals surface area (Å²) in [5, 5.41) is 8.11. The Kier molecular flexibility index (Phi) is 9.07. The van der Waals surface area contributed by atoms with Crippen LogP contribution in [0.4, 0.5) is 10.5 Å². The highest BCUT2D eigenvalue weighted by Crippen LogP contribution is 2.13. The van der Waals surface area contributed by atoms with Crippen LogP contribution >= 0.6 is 0 Å². The van der Waals surface area contributed by atoms with Crippen molar-refractivity contribution in [3.63, 3.8) is 0 Å². The number of ether oxygens (including phenoxy) is 2. The molecule has 0 unspecified atom stereocenters. The summed E-state index contributed by atoms with van der Waals surface area (Å²) in [6, 6.07) is 14.6. The van der Waals surface area contributed by atoms with Crippen LogP contribution in [0.1, 0.15) is 38.3 Å². The second-order valence-electron chi connectivity index (χ2n) is 8.31. The Balaban J connectivity index is 1.71. The van der Waals surface area contributed by atoms with Crippen LogP contribution in [0.15, 0.2) is 48.5 Å². The van der Waals surface area contributed by atoms with Crippen LogP contribution in [0.2, 0.25) is 0 Å². The van der Waals surface area contributed by atoms with E-state index < -0.39 is 11.7 Å². The number of carbonyl (C=O) groups is 3. The lowest BCUT2D eigenvalue weighted by Crippen LogP contribution is -2.35. The summed E-state index contributed by atoms with van der Waals surface area (Å²) < 4.78 is 10.6. The number of rotatable bonds is 9. The van der Waals surface area contributed by atoms with Crippen molar-refractivity contribution in [1.82, 2.24) is 10.6 Å². The Morgan fingerprint density at radius 1 is 0.938 bits per heavy atom. The summed E-state index contributed by atoms with van der Waals surface area (Å²) in [6.45, 7) is 7.67. The molecular formula is C24H31N3O5. The molecule has 8 nitrogen and oxygen atoms in total. The third-order valence-corrected chi connectivity index (χ3v) is 4.11. The van der Waals surface area contributed by atoms with Gasteiger partial charge in [0.15, 0.2) is 6.61 Å². The van der Waals surface area contributed by atoms with Gasteiger partial charge in [0.05, 0.1) is 0 Å². The average Bonchev–Trinajstić information content (AvgIpc) is 2.71. The standard InChI is InChI=1S/C24H31N3O5/c1-17-8-10-20(11-9-17)31-16-22(29)27-19-7-5-6-18(14-19)15-26-21(28)12-13-25-23(30)32-24(2,3)4/h5-11,14H,12-13,15-16H2,1-4H3,(H,25,30)(H,26,28)(H,27,29). The fourth-order valence-electron chi connectivity index (χ4n) is 2.62. The number of hydrogen-bond acceptors (Lipinski definition) is 5. The first-order valence-electron chi connectivity index (χ1n) is 10.4. The highest BCUT2D eigenvalue weighted by Gasteiger charge is 2.15. The Hall–Kier alpha value is -3.55. The number of carbonyl (C=O) groups excluding carboxylic acids is 3. The zero-order valence-electron chi connectivity index (χ0n) is 19.0. The van der Waals surface area contributed by atoms with Crippen LogP contribution in [0, 0.1) is 6.92 Å². The van der Waals surface area contributed by atoms with Crippen LogP contribution in [0.25, 0.3) is 0 Å². The molecule has 0 aliphatic rings. The van der Waals surface area contributed by atoms with E-state index in [9.17, 15) is 14.4 Å². The maximum absolute atomic E-state index is 12.1. The molecule has 0 aliphatic heterocycles. The summed E-state index contributed by atoms with van der Waals surface area (Å²) in [7, 11) is 0. The van der Waals surface area contributed by atoms with Crippen LogP contribution in [-0.2, 0) is 20.9 Å². The van der Waals surface area contributed by atoms with E-state index in [1.807, 2.05) is 37.3 Å². The lowest BCUT2D eigenvalue weighted by atomic mass is 10.2. The minimum Gasteiger partial charge on any atom is -0.484 e. The molecule has 0 atom stereocenters. The van der Waals surface area contributed by atoms with E-state index in [0.717, 1.165) is 11.1 Å². The van der Waals surface area contributed by atoms with Gasteiger partial charge in [0, 0.05) is 25.2 Å². The highest BCUT2D eigenvalue weighted by atomic mass is 16.6. The molecule has 0 aromatic heterocycles. The van der Waals surface area contributed by atoms with Crippen molar-refractivity contribution < 1.29 is 23.9 Å². The number of aryl methyl sites for hydroxylation is 1. The number of benzene rings is 2. The zero-order chi connectivity index (χ0) is 23.6. The van der Waals surface area contributed by atoms with E-state index in [-0.39, 0.29) is 31.4 Å². The Morgan fingerprint density at radius 3 is 2.34 bits per heavy atom. The monoisotopic (exact) mass is 441 g/mol. The van der Waals surface area contributed by atoms with Gasteiger partial charge >= 0.3 is 6.09 Å². The molecule has 8 heteroatoms. The molecule has 32 heavy (non-hydrogen) atoms. The van der Waals surface area contributed by atoms with E-state index in [0.29, 0.717) is 18.0 Å². The van der Waals surface area contributed by atoms with Gasteiger partial charge in [0.1, 0.15) is 11.4 Å². The Bertz CT molecular complexity index is 920. The maximum atomic E-state index is 12.1. The first-order chi connectivity index (χ1) is 15.1. The topological polar surface area (TPSA) is 106 Å². The van der Waals surface area contributed by atoms with Crippen molar-refractivity contribution in [2.75, 3.05) is 18.5 Å². The Labute approximate surface area is 188 Å². The van der Waals surface area contributed by atoms with E-state index in [1.165, 1.54) is 0 Å². The molecule has 0 spiro atoms. The van der Waals surface area contributed by atoms with Crippen molar-refractivity contribution in [2.24, 2.45) is 0 Å². The molecule has 0 aliphatic carbocycles. The summed E-state index contributed by atoms with van der Waals surface area (Å²) >= 11 is 0. The summed E-state index contributed by atoms with van der Waals surface area (Å²) in [4.78, 5) is 35.7. The van der Waals surface area contributed by atoms with E-state index >= 15 is 0 Å². The largest absolute Gasteiger partial charge is 0.484 e. The first-order valence-corrected chi connectivity index (χ1v) is 10.4. The third kappa shape index (κ3) is 9.97. The van der Waals surface area contributed by atoms with Gasteiger partial charge in [-0.3, -0.25) is 9.59 Å². The molecule has 2 aromatic rings. The first kappa shape index (κ1) is 24.7. The minimum atomic E-state index is -0.584. The van der Waals surface area contributed by atoms with Crippen molar-refractivity contribution in [1.29, 1.82) is 0 Å². The molecule has 3 N–H and O–H groups in total. The maximum Gasteiger partial charge on any atom is 0.407 e. The molecule has 3 amide bonds.